The Bertz CT molecular complexity index is 777. The molecule has 0 saturated heterocycles. The van der Waals surface area contributed by atoms with Gasteiger partial charge in [0.05, 0.1) is 4.90 Å². The summed E-state index contributed by atoms with van der Waals surface area (Å²) in [6.07, 6.45) is 3.86. The Hall–Kier alpha value is -1.72. The molecule has 1 atom stereocenters. The Balaban J connectivity index is 2.45. The zero-order valence-corrected chi connectivity index (χ0v) is 14.3. The molecule has 22 heavy (non-hydrogen) atoms. The summed E-state index contributed by atoms with van der Waals surface area (Å²) in [6, 6.07) is 16.3. The van der Waals surface area contributed by atoms with E-state index in [9.17, 15) is 8.42 Å². The van der Waals surface area contributed by atoms with Gasteiger partial charge in [-0.15, -0.1) is 3.77 Å². The van der Waals surface area contributed by atoms with Gasteiger partial charge < -0.3 is 0 Å². The van der Waals surface area contributed by atoms with Gasteiger partial charge in [0.1, 0.15) is 0 Å². The standard InChI is InChI=1S/C17H19NO2S2/c1-3-4-14-21(16-8-6-5-7-9-16)18-22(19,20)17-12-10-15(2)11-13-17/h3-13H,14H2,1-2H3/b4-3-/t21-/m1/s1. The van der Waals surface area contributed by atoms with Crippen molar-refractivity contribution < 1.29 is 8.42 Å². The lowest BCUT2D eigenvalue weighted by atomic mass is 10.2. The van der Waals surface area contributed by atoms with Crippen LogP contribution in [0.15, 0.2) is 80.3 Å². The quantitative estimate of drug-likeness (QED) is 0.773. The van der Waals surface area contributed by atoms with Gasteiger partial charge in [0, 0.05) is 10.6 Å². The van der Waals surface area contributed by atoms with Crippen molar-refractivity contribution in [3.05, 3.63) is 72.3 Å². The Kier molecular flexibility index (Phi) is 5.69. The Morgan fingerprint density at radius 2 is 1.68 bits per heavy atom. The van der Waals surface area contributed by atoms with E-state index in [1.165, 1.54) is 0 Å². The highest BCUT2D eigenvalue weighted by atomic mass is 32.3. The minimum Gasteiger partial charge on any atom is -0.199 e. The molecular weight excluding hydrogens is 314 g/mol. The lowest BCUT2D eigenvalue weighted by molar-refractivity contribution is 0.598. The molecule has 0 unspecified atom stereocenters. The van der Waals surface area contributed by atoms with Crippen LogP contribution in [0.2, 0.25) is 0 Å². The minimum atomic E-state index is -3.65. The van der Waals surface area contributed by atoms with Gasteiger partial charge in [-0.3, -0.25) is 0 Å². The highest BCUT2D eigenvalue weighted by molar-refractivity contribution is 8.00. The average Bonchev–Trinajstić information content (AvgIpc) is 2.52. The van der Waals surface area contributed by atoms with Crippen molar-refractivity contribution in [1.82, 2.24) is 0 Å². The summed E-state index contributed by atoms with van der Waals surface area (Å²) in [5.41, 5.74) is 1.02. The first kappa shape index (κ1) is 16.6. The van der Waals surface area contributed by atoms with Gasteiger partial charge in [-0.05, 0) is 48.8 Å². The van der Waals surface area contributed by atoms with Crippen molar-refractivity contribution in [2.45, 2.75) is 23.6 Å². The SMILES string of the molecule is C/C=C\C[S@@](=NS(=O)(=O)c1ccc(C)cc1)c1ccccc1. The number of sulfonamides is 1. The fourth-order valence-electron chi connectivity index (χ4n) is 1.81. The summed E-state index contributed by atoms with van der Waals surface area (Å²) < 4.78 is 29.2. The topological polar surface area (TPSA) is 46.5 Å². The summed E-state index contributed by atoms with van der Waals surface area (Å²) in [5.74, 6) is 0.589. The number of hydrogen-bond acceptors (Lipinski definition) is 2. The van der Waals surface area contributed by atoms with Crippen LogP contribution in [0.5, 0.6) is 0 Å². The zero-order valence-electron chi connectivity index (χ0n) is 12.6. The van der Waals surface area contributed by atoms with E-state index in [1.54, 1.807) is 24.3 Å². The van der Waals surface area contributed by atoms with Gasteiger partial charge in [-0.2, -0.15) is 8.42 Å². The summed E-state index contributed by atoms with van der Waals surface area (Å²) in [7, 11) is -4.36. The van der Waals surface area contributed by atoms with Gasteiger partial charge in [0.25, 0.3) is 10.0 Å². The molecule has 2 aromatic carbocycles. The van der Waals surface area contributed by atoms with Crippen molar-refractivity contribution in [2.24, 2.45) is 3.77 Å². The molecule has 0 fully saturated rings. The molecule has 2 aromatic rings. The first-order valence-corrected chi connectivity index (χ1v) is 9.74. The maximum Gasteiger partial charge on any atom is 0.288 e. The minimum absolute atomic E-state index is 0.243. The molecule has 0 N–H and O–H groups in total. The molecule has 0 aliphatic rings. The smallest absolute Gasteiger partial charge is 0.199 e. The van der Waals surface area contributed by atoms with Gasteiger partial charge in [-0.25, -0.2) is 0 Å². The van der Waals surface area contributed by atoms with Gasteiger partial charge in [0.2, 0.25) is 0 Å². The van der Waals surface area contributed by atoms with Gasteiger partial charge in [-0.1, -0.05) is 48.0 Å². The number of nitrogens with zero attached hydrogens (tertiary/aromatic N) is 1. The fraction of sp³-hybridized carbons (Fsp3) is 0.176. The molecule has 0 heterocycles. The van der Waals surface area contributed by atoms with Crippen molar-refractivity contribution >= 4 is 20.7 Å². The third-order valence-corrected chi connectivity index (χ3v) is 6.71. The zero-order chi connectivity index (χ0) is 16.0. The molecular formula is C17H19NO2S2. The molecule has 0 aromatic heterocycles. The van der Waals surface area contributed by atoms with Crippen molar-refractivity contribution in [3.63, 3.8) is 0 Å². The largest absolute Gasteiger partial charge is 0.288 e. The number of hydrogen-bond donors (Lipinski definition) is 0. The third-order valence-electron chi connectivity index (χ3n) is 3.01. The molecule has 0 amide bonds. The first-order valence-electron chi connectivity index (χ1n) is 6.95. The highest BCUT2D eigenvalue weighted by Gasteiger charge is 2.14. The van der Waals surface area contributed by atoms with E-state index in [-0.39, 0.29) is 4.90 Å². The van der Waals surface area contributed by atoms with Gasteiger partial charge in [0.15, 0.2) is 0 Å². The molecule has 0 saturated carbocycles. The average molecular weight is 333 g/mol. The normalized spacial score (nSPS) is 13.5. The van der Waals surface area contributed by atoms with Crippen LogP contribution in [0, 0.1) is 6.92 Å². The van der Waals surface area contributed by atoms with Crippen LogP contribution in [-0.2, 0) is 20.7 Å². The number of aryl methyl sites for hydroxylation is 1. The fourth-order valence-corrected chi connectivity index (χ4v) is 5.20. The molecule has 0 bridgehead atoms. The number of rotatable bonds is 5. The molecule has 116 valence electrons. The van der Waals surface area contributed by atoms with Crippen LogP contribution >= 0.6 is 0 Å². The van der Waals surface area contributed by atoms with Crippen LogP contribution in [0.3, 0.4) is 0 Å². The summed E-state index contributed by atoms with van der Waals surface area (Å²) >= 11 is 0. The molecule has 0 radical (unpaired) electrons. The maximum atomic E-state index is 12.5. The number of allylic oxidation sites excluding steroid dienone is 1. The number of benzene rings is 2. The second-order valence-corrected chi connectivity index (χ2v) is 8.33. The van der Waals surface area contributed by atoms with Crippen molar-refractivity contribution in [2.75, 3.05) is 5.75 Å². The van der Waals surface area contributed by atoms with Crippen LogP contribution < -0.4 is 0 Å². The van der Waals surface area contributed by atoms with E-state index in [0.717, 1.165) is 10.5 Å². The van der Waals surface area contributed by atoms with Crippen LogP contribution in [0.1, 0.15) is 12.5 Å². The van der Waals surface area contributed by atoms with Crippen LogP contribution in [0.4, 0.5) is 0 Å². The summed E-state index contributed by atoms with van der Waals surface area (Å²) in [4.78, 5) is 1.17. The molecule has 0 spiro atoms. The van der Waals surface area contributed by atoms with Gasteiger partial charge >= 0.3 is 0 Å². The van der Waals surface area contributed by atoms with E-state index in [2.05, 4.69) is 3.77 Å². The molecule has 5 heteroatoms. The molecule has 2 rings (SSSR count). The Morgan fingerprint density at radius 3 is 2.27 bits per heavy atom. The Labute approximate surface area is 134 Å². The second kappa shape index (κ2) is 7.51. The van der Waals surface area contributed by atoms with Crippen molar-refractivity contribution in [1.29, 1.82) is 0 Å². The van der Waals surface area contributed by atoms with E-state index in [0.29, 0.717) is 5.75 Å². The summed E-state index contributed by atoms with van der Waals surface area (Å²) in [5, 5.41) is 0. The van der Waals surface area contributed by atoms with Crippen LogP contribution in [0.25, 0.3) is 0 Å². The third kappa shape index (κ3) is 4.39. The predicted octanol–water partition coefficient (Wildman–Crippen LogP) is 4.12. The predicted molar refractivity (Wildman–Crippen MR) is 92.5 cm³/mol. The van der Waals surface area contributed by atoms with Crippen LogP contribution in [-0.4, -0.2) is 14.2 Å². The second-order valence-electron chi connectivity index (χ2n) is 4.78. The monoisotopic (exact) mass is 333 g/mol. The van der Waals surface area contributed by atoms with E-state index >= 15 is 0 Å². The Morgan fingerprint density at radius 1 is 1.05 bits per heavy atom. The van der Waals surface area contributed by atoms with Crippen molar-refractivity contribution in [3.8, 4) is 0 Å². The first-order chi connectivity index (χ1) is 10.5. The highest BCUT2D eigenvalue weighted by Crippen LogP contribution is 2.18. The lowest BCUT2D eigenvalue weighted by Gasteiger charge is -2.07. The molecule has 0 aliphatic carbocycles. The molecule has 0 aliphatic heterocycles. The summed E-state index contributed by atoms with van der Waals surface area (Å²) in [6.45, 7) is 3.84. The molecule has 3 nitrogen and oxygen atoms in total. The maximum absolute atomic E-state index is 12.5. The van der Waals surface area contributed by atoms with E-state index in [1.807, 2.05) is 56.3 Å². The van der Waals surface area contributed by atoms with E-state index < -0.39 is 20.7 Å². The lowest BCUT2D eigenvalue weighted by Crippen LogP contribution is -2.03. The van der Waals surface area contributed by atoms with E-state index in [4.69, 9.17) is 0 Å².